The molecule has 166 valence electrons. The Hall–Kier alpha value is -2.73. The van der Waals surface area contributed by atoms with Gasteiger partial charge in [-0.3, -0.25) is 0 Å². The summed E-state index contributed by atoms with van der Waals surface area (Å²) in [7, 11) is 0. The molecule has 1 aromatic heterocycles. The first-order valence-corrected chi connectivity index (χ1v) is 11.0. The molecule has 1 heterocycles. The minimum atomic E-state index is -4.51. The van der Waals surface area contributed by atoms with Crippen molar-refractivity contribution in [1.82, 2.24) is 4.98 Å². The van der Waals surface area contributed by atoms with Crippen LogP contribution >= 0.6 is 11.6 Å². The van der Waals surface area contributed by atoms with E-state index in [0.717, 1.165) is 59.8 Å². The van der Waals surface area contributed by atoms with Gasteiger partial charge in [0.05, 0.1) is 11.1 Å². The van der Waals surface area contributed by atoms with Crippen LogP contribution in [0.25, 0.3) is 11.1 Å². The number of H-pyrrole nitrogens is 1. The fourth-order valence-corrected chi connectivity index (χ4v) is 5.49. The summed E-state index contributed by atoms with van der Waals surface area (Å²) in [6, 6.07) is 10.5. The van der Waals surface area contributed by atoms with Crippen molar-refractivity contribution in [2.45, 2.75) is 50.1 Å². The van der Waals surface area contributed by atoms with E-state index in [-0.39, 0.29) is 16.1 Å². The van der Waals surface area contributed by atoms with Crippen LogP contribution in [-0.4, -0.2) is 16.1 Å². The van der Waals surface area contributed by atoms with Gasteiger partial charge in [-0.05, 0) is 79.5 Å². The molecule has 0 unspecified atom stereocenters. The standard InChI is InChI=1S/C25H21ClF3NO2/c26-18-6-3-5-17(25(27,28)29)21(18)24(12-13-24)22-20(16-4-1-2-7-19(16)30-22)14-8-10-15(11-9-14)23(31)32/h3,5-6,8-11,30H,1-2,4,7,12-13H2,(H,31,32). The summed E-state index contributed by atoms with van der Waals surface area (Å²) in [6.45, 7) is 0. The van der Waals surface area contributed by atoms with Crippen molar-refractivity contribution in [2.75, 3.05) is 0 Å². The number of carbonyl (C=O) groups is 1. The van der Waals surface area contributed by atoms with Gasteiger partial charge in [0, 0.05) is 27.4 Å². The maximum Gasteiger partial charge on any atom is 0.416 e. The summed E-state index contributed by atoms with van der Waals surface area (Å²) in [5.41, 5.74) is 3.47. The van der Waals surface area contributed by atoms with E-state index in [2.05, 4.69) is 4.98 Å². The van der Waals surface area contributed by atoms with E-state index in [4.69, 9.17) is 11.6 Å². The van der Waals surface area contributed by atoms with Gasteiger partial charge in [-0.15, -0.1) is 0 Å². The zero-order chi connectivity index (χ0) is 22.7. The number of rotatable bonds is 4. The van der Waals surface area contributed by atoms with Crippen molar-refractivity contribution in [1.29, 1.82) is 0 Å². The van der Waals surface area contributed by atoms with Crippen LogP contribution in [0.5, 0.6) is 0 Å². The zero-order valence-corrected chi connectivity index (χ0v) is 17.9. The third kappa shape index (κ3) is 3.32. The van der Waals surface area contributed by atoms with E-state index in [1.165, 1.54) is 12.1 Å². The number of aromatic amines is 1. The average molecular weight is 460 g/mol. The van der Waals surface area contributed by atoms with E-state index in [1.54, 1.807) is 24.3 Å². The average Bonchev–Trinajstić information content (AvgIpc) is 3.46. The molecule has 3 aromatic rings. The van der Waals surface area contributed by atoms with Crippen LogP contribution < -0.4 is 0 Å². The highest BCUT2D eigenvalue weighted by Crippen LogP contribution is 2.60. The number of carboxylic acids is 1. The van der Waals surface area contributed by atoms with Crippen LogP contribution in [0, 0.1) is 0 Å². The van der Waals surface area contributed by atoms with Gasteiger partial charge >= 0.3 is 12.1 Å². The number of fused-ring (bicyclic) bond motifs is 1. The second-order valence-electron chi connectivity index (χ2n) is 8.66. The van der Waals surface area contributed by atoms with Crippen LogP contribution in [0.4, 0.5) is 13.2 Å². The van der Waals surface area contributed by atoms with Crippen molar-refractivity contribution < 1.29 is 23.1 Å². The summed E-state index contributed by atoms with van der Waals surface area (Å²) in [5, 5.41) is 9.37. The number of aryl methyl sites for hydroxylation is 1. The topological polar surface area (TPSA) is 53.1 Å². The summed E-state index contributed by atoms with van der Waals surface area (Å²) < 4.78 is 41.8. The lowest BCUT2D eigenvalue weighted by Crippen LogP contribution is -2.19. The first-order chi connectivity index (χ1) is 15.2. The molecule has 0 amide bonds. The molecular weight excluding hydrogens is 439 g/mol. The molecule has 1 fully saturated rings. The number of halogens is 4. The van der Waals surface area contributed by atoms with E-state index in [0.29, 0.717) is 12.8 Å². The Balaban J connectivity index is 1.74. The Morgan fingerprint density at radius 2 is 1.72 bits per heavy atom. The van der Waals surface area contributed by atoms with Gasteiger partial charge in [-0.25, -0.2) is 4.79 Å². The summed E-state index contributed by atoms with van der Waals surface area (Å²) in [4.78, 5) is 14.8. The number of carboxylic acid groups (broad SMARTS) is 1. The van der Waals surface area contributed by atoms with Gasteiger partial charge in [-0.2, -0.15) is 13.2 Å². The highest BCUT2D eigenvalue weighted by Gasteiger charge is 2.54. The van der Waals surface area contributed by atoms with Gasteiger partial charge in [0.2, 0.25) is 0 Å². The van der Waals surface area contributed by atoms with E-state index in [1.807, 2.05) is 0 Å². The third-order valence-electron chi connectivity index (χ3n) is 6.74. The number of benzene rings is 2. The normalized spacial score (nSPS) is 17.1. The van der Waals surface area contributed by atoms with E-state index < -0.39 is 23.1 Å². The number of aromatic carboxylic acids is 1. The van der Waals surface area contributed by atoms with Gasteiger partial charge in [0.25, 0.3) is 0 Å². The summed E-state index contributed by atoms with van der Waals surface area (Å²) >= 11 is 6.41. The molecule has 0 atom stereocenters. The Bertz CT molecular complexity index is 1210. The number of nitrogens with one attached hydrogen (secondary N) is 1. The van der Waals surface area contributed by atoms with Crippen molar-refractivity contribution in [2.24, 2.45) is 0 Å². The molecule has 0 radical (unpaired) electrons. The smallest absolute Gasteiger partial charge is 0.416 e. The summed E-state index contributed by atoms with van der Waals surface area (Å²) in [5.74, 6) is -1.02. The highest BCUT2D eigenvalue weighted by molar-refractivity contribution is 6.31. The molecule has 0 spiro atoms. The quantitative estimate of drug-likeness (QED) is 0.441. The van der Waals surface area contributed by atoms with Gasteiger partial charge in [0.15, 0.2) is 0 Å². The molecule has 1 saturated carbocycles. The molecule has 0 bridgehead atoms. The minimum absolute atomic E-state index is 0.122. The second kappa shape index (κ2) is 7.41. The van der Waals surface area contributed by atoms with Crippen molar-refractivity contribution in [3.8, 4) is 11.1 Å². The Morgan fingerprint density at radius 3 is 2.34 bits per heavy atom. The fraction of sp³-hybridized carbons (Fsp3) is 0.320. The molecule has 0 saturated heterocycles. The predicted molar refractivity (Wildman–Crippen MR) is 116 cm³/mol. The molecule has 32 heavy (non-hydrogen) atoms. The Labute approximate surface area is 188 Å². The van der Waals surface area contributed by atoms with Crippen LogP contribution in [0.3, 0.4) is 0 Å². The monoisotopic (exact) mass is 459 g/mol. The van der Waals surface area contributed by atoms with Crippen LogP contribution in [0.15, 0.2) is 42.5 Å². The van der Waals surface area contributed by atoms with Crippen LogP contribution in [0.2, 0.25) is 5.02 Å². The molecule has 2 aromatic carbocycles. The third-order valence-corrected chi connectivity index (χ3v) is 7.06. The second-order valence-corrected chi connectivity index (χ2v) is 9.07. The zero-order valence-electron chi connectivity index (χ0n) is 17.2. The molecule has 5 rings (SSSR count). The predicted octanol–water partition coefficient (Wildman–Crippen LogP) is 7.01. The SMILES string of the molecule is O=C(O)c1ccc(-c2c(C3(c4c(Cl)cccc4C(F)(F)F)CC3)[nH]c3c2CCCC3)cc1. The number of aromatic nitrogens is 1. The Morgan fingerprint density at radius 1 is 1.03 bits per heavy atom. The lowest BCUT2D eigenvalue weighted by molar-refractivity contribution is -0.138. The van der Waals surface area contributed by atoms with Gasteiger partial charge in [0.1, 0.15) is 0 Å². The van der Waals surface area contributed by atoms with Crippen LogP contribution in [0.1, 0.15) is 64.1 Å². The minimum Gasteiger partial charge on any atom is -0.478 e. The number of alkyl halides is 3. The molecule has 7 heteroatoms. The van der Waals surface area contributed by atoms with E-state index in [9.17, 15) is 23.1 Å². The molecule has 2 N–H and O–H groups in total. The molecule has 3 nitrogen and oxygen atoms in total. The number of hydrogen-bond acceptors (Lipinski definition) is 1. The summed E-state index contributed by atoms with van der Waals surface area (Å²) in [6.07, 6.45) is 0.353. The van der Waals surface area contributed by atoms with Crippen molar-refractivity contribution in [3.63, 3.8) is 0 Å². The molecule has 2 aliphatic rings. The van der Waals surface area contributed by atoms with Crippen LogP contribution in [-0.2, 0) is 24.4 Å². The maximum atomic E-state index is 13.9. The first-order valence-electron chi connectivity index (χ1n) is 10.7. The molecule has 0 aliphatic heterocycles. The fourth-order valence-electron chi connectivity index (χ4n) is 5.14. The molecular formula is C25H21ClF3NO2. The van der Waals surface area contributed by atoms with Crippen molar-refractivity contribution in [3.05, 3.63) is 81.1 Å². The lowest BCUT2D eigenvalue weighted by Gasteiger charge is -2.24. The maximum absolute atomic E-state index is 13.9. The Kier molecular flexibility index (Phi) is 4.89. The van der Waals surface area contributed by atoms with Gasteiger partial charge < -0.3 is 10.1 Å². The van der Waals surface area contributed by atoms with Gasteiger partial charge in [-0.1, -0.05) is 29.8 Å². The van der Waals surface area contributed by atoms with Crippen molar-refractivity contribution >= 4 is 17.6 Å². The first kappa shape index (κ1) is 21.1. The van der Waals surface area contributed by atoms with E-state index >= 15 is 0 Å². The lowest BCUT2D eigenvalue weighted by atomic mass is 9.83. The molecule has 2 aliphatic carbocycles. The largest absolute Gasteiger partial charge is 0.478 e. The highest BCUT2D eigenvalue weighted by atomic mass is 35.5. The number of hydrogen-bond donors (Lipinski definition) is 2.